The van der Waals surface area contributed by atoms with E-state index < -0.39 is 12.2 Å². The van der Waals surface area contributed by atoms with Gasteiger partial charge in [0, 0.05) is 24.4 Å². The van der Waals surface area contributed by atoms with Gasteiger partial charge in [0.15, 0.2) is 11.5 Å². The summed E-state index contributed by atoms with van der Waals surface area (Å²) in [7, 11) is 1.46. The number of methoxy groups -OCH3 is 1. The molecule has 1 aliphatic rings. The smallest absolute Gasteiger partial charge is 0.310 e. The Bertz CT molecular complexity index is 1110. The molecule has 0 aliphatic carbocycles. The number of phenolic OH excluding ortho intramolecular Hbond substituents is 1. The van der Waals surface area contributed by atoms with Crippen molar-refractivity contribution in [3.63, 3.8) is 0 Å². The third kappa shape index (κ3) is 4.95. The highest BCUT2D eigenvalue weighted by molar-refractivity contribution is 6.35. The minimum atomic E-state index is -0.976. The van der Waals surface area contributed by atoms with Crippen LogP contribution in [0.15, 0.2) is 30.3 Å². The fourth-order valence-electron chi connectivity index (χ4n) is 3.84. The van der Waals surface area contributed by atoms with Crippen LogP contribution in [0.3, 0.4) is 0 Å². The molecule has 0 amide bonds. The lowest BCUT2D eigenvalue weighted by Crippen LogP contribution is -2.33. The molecule has 0 bridgehead atoms. The highest BCUT2D eigenvalue weighted by Crippen LogP contribution is 2.44. The van der Waals surface area contributed by atoms with E-state index in [0.717, 1.165) is 25.9 Å². The van der Waals surface area contributed by atoms with Gasteiger partial charge in [-0.05, 0) is 38.1 Å². The molecule has 1 unspecified atom stereocenters. The lowest BCUT2D eigenvalue weighted by Gasteiger charge is -2.22. The Morgan fingerprint density at radius 3 is 2.75 bits per heavy atom. The summed E-state index contributed by atoms with van der Waals surface area (Å²) in [5, 5.41) is 23.6. The summed E-state index contributed by atoms with van der Waals surface area (Å²) in [4.78, 5) is 9.64. The number of ether oxygens (including phenoxy) is 2. The van der Waals surface area contributed by atoms with Gasteiger partial charge in [0.1, 0.15) is 23.6 Å². The minimum absolute atomic E-state index is 0.0191. The Morgan fingerprint density at radius 1 is 1.25 bits per heavy atom. The van der Waals surface area contributed by atoms with Crippen LogP contribution in [0.25, 0.3) is 10.9 Å². The quantitative estimate of drug-likeness (QED) is 0.344. The maximum atomic E-state index is 13.9. The second-order valence-corrected chi connectivity index (χ2v) is 7.97. The number of hydrogen-bond donors (Lipinski definition) is 3. The molecule has 10 heteroatoms. The third-order valence-electron chi connectivity index (χ3n) is 5.25. The average Bonchev–Trinajstić information content (AvgIpc) is 3.24. The van der Waals surface area contributed by atoms with Crippen molar-refractivity contribution in [3.8, 4) is 17.2 Å². The molecule has 1 saturated heterocycles. The zero-order valence-corrected chi connectivity index (χ0v) is 18.3. The fourth-order valence-corrected chi connectivity index (χ4v) is 4.11. The molecular formula is C22H24ClFN4O4. The van der Waals surface area contributed by atoms with Crippen LogP contribution in [0, 0.1) is 6.08 Å². The van der Waals surface area contributed by atoms with E-state index in [0.29, 0.717) is 23.3 Å². The SMILES string of the molecule is COc1c(OCC(O)CN2CCCC2)cc2nc(F)nc(Cl)c2c1Nc1cccc(O)c1. The van der Waals surface area contributed by atoms with Crippen LogP contribution >= 0.6 is 11.6 Å². The highest BCUT2D eigenvalue weighted by Gasteiger charge is 2.22. The van der Waals surface area contributed by atoms with Crippen LogP contribution in [0.2, 0.25) is 5.15 Å². The number of aliphatic hydroxyl groups is 1. The van der Waals surface area contributed by atoms with Crippen molar-refractivity contribution in [2.45, 2.75) is 18.9 Å². The number of benzene rings is 2. The van der Waals surface area contributed by atoms with Gasteiger partial charge in [-0.15, -0.1) is 0 Å². The van der Waals surface area contributed by atoms with E-state index in [9.17, 15) is 14.6 Å². The van der Waals surface area contributed by atoms with Crippen molar-refractivity contribution in [1.29, 1.82) is 0 Å². The molecule has 1 aromatic heterocycles. The summed E-state index contributed by atoms with van der Waals surface area (Å²) in [5.41, 5.74) is 1.09. The topological polar surface area (TPSA) is 100.0 Å². The molecule has 3 N–H and O–H groups in total. The number of anilines is 2. The van der Waals surface area contributed by atoms with E-state index in [-0.39, 0.29) is 34.5 Å². The maximum Gasteiger partial charge on any atom is 0.310 e. The number of halogens is 2. The Morgan fingerprint density at radius 2 is 2.03 bits per heavy atom. The number of nitrogens with one attached hydrogen (secondary N) is 1. The molecule has 32 heavy (non-hydrogen) atoms. The van der Waals surface area contributed by atoms with Crippen molar-refractivity contribution in [3.05, 3.63) is 41.6 Å². The summed E-state index contributed by atoms with van der Waals surface area (Å²) in [6, 6.07) is 7.95. The lowest BCUT2D eigenvalue weighted by atomic mass is 10.1. The molecule has 1 atom stereocenters. The molecule has 0 radical (unpaired) electrons. The molecule has 2 heterocycles. The van der Waals surface area contributed by atoms with Crippen molar-refractivity contribution in [1.82, 2.24) is 14.9 Å². The number of aliphatic hydroxyl groups excluding tert-OH is 1. The van der Waals surface area contributed by atoms with Crippen molar-refractivity contribution >= 4 is 33.9 Å². The van der Waals surface area contributed by atoms with Gasteiger partial charge in [-0.25, -0.2) is 4.98 Å². The standard InChI is InChI=1S/C22H24ClFN4O4/c1-31-20-17(32-12-15(30)11-28-7-2-3-8-28)10-16-18(21(23)27-22(24)26-16)19(20)25-13-5-4-6-14(29)9-13/h4-6,9-10,15,25,29-30H,2-3,7-8,11-12H2,1H3. The zero-order chi connectivity index (χ0) is 22.7. The molecule has 0 spiro atoms. The predicted octanol–water partition coefficient (Wildman–Crippen LogP) is 3.72. The van der Waals surface area contributed by atoms with Gasteiger partial charge >= 0.3 is 6.08 Å². The second kappa shape index (κ2) is 9.72. The number of nitrogens with zero attached hydrogens (tertiary/aromatic N) is 3. The van der Waals surface area contributed by atoms with Crippen molar-refractivity contribution in [2.24, 2.45) is 0 Å². The lowest BCUT2D eigenvalue weighted by molar-refractivity contribution is 0.0748. The summed E-state index contributed by atoms with van der Waals surface area (Å²) < 4.78 is 25.3. The maximum absolute atomic E-state index is 13.9. The molecule has 2 aromatic carbocycles. The van der Waals surface area contributed by atoms with E-state index in [1.807, 2.05) is 0 Å². The van der Waals surface area contributed by atoms with Crippen LogP contribution in [-0.2, 0) is 0 Å². The van der Waals surface area contributed by atoms with Gasteiger partial charge in [-0.1, -0.05) is 17.7 Å². The monoisotopic (exact) mass is 462 g/mol. The van der Waals surface area contributed by atoms with E-state index in [2.05, 4.69) is 20.2 Å². The number of likely N-dealkylation sites (tertiary alicyclic amines) is 1. The van der Waals surface area contributed by atoms with Crippen LogP contribution in [0.4, 0.5) is 15.8 Å². The minimum Gasteiger partial charge on any atom is -0.508 e. The van der Waals surface area contributed by atoms with Gasteiger partial charge in [0.25, 0.3) is 0 Å². The molecule has 1 fully saturated rings. The Kier molecular flexibility index (Phi) is 6.78. The van der Waals surface area contributed by atoms with Gasteiger partial charge in [-0.3, -0.25) is 0 Å². The number of fused-ring (bicyclic) bond motifs is 1. The van der Waals surface area contributed by atoms with Gasteiger partial charge in [-0.2, -0.15) is 9.37 Å². The van der Waals surface area contributed by atoms with Crippen LogP contribution in [0.5, 0.6) is 17.2 Å². The molecule has 0 saturated carbocycles. The number of aromatic hydroxyl groups is 1. The fraction of sp³-hybridized carbons (Fsp3) is 0.364. The largest absolute Gasteiger partial charge is 0.508 e. The van der Waals surface area contributed by atoms with E-state index >= 15 is 0 Å². The van der Waals surface area contributed by atoms with Crippen molar-refractivity contribution in [2.75, 3.05) is 38.7 Å². The second-order valence-electron chi connectivity index (χ2n) is 7.61. The highest BCUT2D eigenvalue weighted by atomic mass is 35.5. The number of β-amino-alcohol motifs (C(OH)–C–C–N with tert-alkyl or cyclic N) is 1. The zero-order valence-electron chi connectivity index (χ0n) is 17.5. The molecule has 1 aliphatic heterocycles. The first-order chi connectivity index (χ1) is 15.4. The van der Waals surface area contributed by atoms with Gasteiger partial charge < -0.3 is 29.9 Å². The molecule has 3 aromatic rings. The van der Waals surface area contributed by atoms with E-state index in [1.165, 1.54) is 25.3 Å². The summed E-state index contributed by atoms with van der Waals surface area (Å²) in [6.07, 6.45) is 0.572. The molecule has 8 nitrogen and oxygen atoms in total. The summed E-state index contributed by atoms with van der Waals surface area (Å²) in [6.45, 7) is 2.45. The van der Waals surface area contributed by atoms with Crippen LogP contribution < -0.4 is 14.8 Å². The van der Waals surface area contributed by atoms with Crippen LogP contribution in [-0.4, -0.2) is 64.5 Å². The normalized spacial score (nSPS) is 15.1. The number of rotatable bonds is 8. The van der Waals surface area contributed by atoms with Gasteiger partial charge in [0.05, 0.1) is 23.7 Å². The summed E-state index contributed by atoms with van der Waals surface area (Å²) >= 11 is 6.25. The third-order valence-corrected chi connectivity index (χ3v) is 5.53. The van der Waals surface area contributed by atoms with Crippen molar-refractivity contribution < 1.29 is 24.1 Å². The average molecular weight is 463 g/mol. The first kappa shape index (κ1) is 22.3. The van der Waals surface area contributed by atoms with Crippen LogP contribution in [0.1, 0.15) is 12.8 Å². The summed E-state index contributed by atoms with van der Waals surface area (Å²) in [5.74, 6) is 0.604. The predicted molar refractivity (Wildman–Crippen MR) is 120 cm³/mol. The van der Waals surface area contributed by atoms with E-state index in [4.69, 9.17) is 21.1 Å². The number of phenols is 1. The first-order valence-electron chi connectivity index (χ1n) is 10.3. The first-order valence-corrected chi connectivity index (χ1v) is 10.7. The van der Waals surface area contributed by atoms with Gasteiger partial charge in [0.2, 0.25) is 0 Å². The Balaban J connectivity index is 1.70. The van der Waals surface area contributed by atoms with E-state index in [1.54, 1.807) is 12.1 Å². The molecular weight excluding hydrogens is 439 g/mol. The Labute approximate surface area is 189 Å². The molecule has 170 valence electrons. The number of aromatic nitrogens is 2. The number of hydrogen-bond acceptors (Lipinski definition) is 8. The Hall–Kier alpha value is -2.88. The molecule has 4 rings (SSSR count).